The monoisotopic (exact) mass is 243 g/mol. The Bertz CT molecular complexity index is 665. The highest BCUT2D eigenvalue weighted by Crippen LogP contribution is 2.23. The molecule has 0 amide bonds. The lowest BCUT2D eigenvalue weighted by Crippen LogP contribution is -2.34. The van der Waals surface area contributed by atoms with E-state index in [-0.39, 0.29) is 12.1 Å². The topological polar surface area (TPSA) is 76.5 Å². The molecule has 1 unspecified atom stereocenters. The maximum Gasteiger partial charge on any atom is 0.358 e. The van der Waals surface area contributed by atoms with Gasteiger partial charge < -0.3 is 9.84 Å². The van der Waals surface area contributed by atoms with Crippen molar-refractivity contribution in [1.82, 2.24) is 4.98 Å². The van der Waals surface area contributed by atoms with Crippen LogP contribution < -0.4 is 0 Å². The van der Waals surface area contributed by atoms with Crippen molar-refractivity contribution >= 4 is 22.8 Å². The number of hydrogen-bond acceptors (Lipinski definition) is 4. The smallest absolute Gasteiger partial charge is 0.358 e. The van der Waals surface area contributed by atoms with Crippen molar-refractivity contribution in [3.05, 3.63) is 41.6 Å². The van der Waals surface area contributed by atoms with Crippen LogP contribution in [0.5, 0.6) is 0 Å². The van der Waals surface area contributed by atoms with Gasteiger partial charge in [0.1, 0.15) is 0 Å². The van der Waals surface area contributed by atoms with Gasteiger partial charge in [0.2, 0.25) is 6.10 Å². The minimum atomic E-state index is -1.14. The van der Waals surface area contributed by atoms with Gasteiger partial charge in [-0.2, -0.15) is 0 Å². The molecule has 1 N–H and O–H groups in total. The Morgan fingerprint density at radius 2 is 2.17 bits per heavy atom. The van der Waals surface area contributed by atoms with Crippen LogP contribution in [0, 0.1) is 0 Å². The van der Waals surface area contributed by atoms with Crippen molar-refractivity contribution in [3.63, 3.8) is 0 Å². The first-order valence-electron chi connectivity index (χ1n) is 5.47. The van der Waals surface area contributed by atoms with E-state index in [2.05, 4.69) is 4.98 Å². The molecule has 1 aliphatic heterocycles. The maximum absolute atomic E-state index is 11.7. The molecule has 90 valence electrons. The van der Waals surface area contributed by atoms with Crippen LogP contribution in [0.2, 0.25) is 0 Å². The zero-order chi connectivity index (χ0) is 12.7. The number of aliphatic carboxylic acids is 1. The summed E-state index contributed by atoms with van der Waals surface area (Å²) in [5.74, 6) is -1.81. The summed E-state index contributed by atoms with van der Waals surface area (Å²) in [6, 6.07) is 9.17. The van der Waals surface area contributed by atoms with Gasteiger partial charge in [-0.3, -0.25) is 0 Å². The number of ether oxygens (including phenoxy) is 1. The van der Waals surface area contributed by atoms with Crippen LogP contribution in [-0.2, 0) is 16.0 Å². The number of esters is 1. The van der Waals surface area contributed by atoms with E-state index in [4.69, 9.17) is 9.84 Å². The van der Waals surface area contributed by atoms with E-state index < -0.39 is 18.0 Å². The van der Waals surface area contributed by atoms with Crippen molar-refractivity contribution in [2.45, 2.75) is 12.5 Å². The first-order chi connectivity index (χ1) is 8.65. The van der Waals surface area contributed by atoms with E-state index in [0.29, 0.717) is 11.1 Å². The van der Waals surface area contributed by atoms with Crippen molar-refractivity contribution in [2.24, 2.45) is 0 Å². The molecular formula is C13H9NO4. The van der Waals surface area contributed by atoms with Crippen LogP contribution in [0.15, 0.2) is 30.3 Å². The third kappa shape index (κ3) is 1.60. The number of rotatable bonds is 1. The van der Waals surface area contributed by atoms with Crippen molar-refractivity contribution in [2.75, 3.05) is 0 Å². The van der Waals surface area contributed by atoms with Gasteiger partial charge in [0.15, 0.2) is 5.69 Å². The number of carbonyl (C=O) groups is 2. The number of cyclic esters (lactones) is 1. The quantitative estimate of drug-likeness (QED) is 0.766. The molecule has 0 saturated heterocycles. The Labute approximate surface area is 102 Å². The summed E-state index contributed by atoms with van der Waals surface area (Å²) in [5.41, 5.74) is 1.53. The van der Waals surface area contributed by atoms with Crippen molar-refractivity contribution in [3.8, 4) is 0 Å². The van der Waals surface area contributed by atoms with Crippen LogP contribution in [0.1, 0.15) is 16.1 Å². The Morgan fingerprint density at radius 1 is 1.39 bits per heavy atom. The van der Waals surface area contributed by atoms with Gasteiger partial charge in [-0.15, -0.1) is 0 Å². The normalized spacial score (nSPS) is 18.2. The number of aromatic nitrogens is 1. The van der Waals surface area contributed by atoms with E-state index >= 15 is 0 Å². The first kappa shape index (κ1) is 10.7. The maximum atomic E-state index is 11.7. The fraction of sp³-hybridized carbons (Fsp3) is 0.154. The Kier molecular flexibility index (Phi) is 2.26. The molecule has 0 bridgehead atoms. The minimum absolute atomic E-state index is 0.161. The third-order valence-corrected chi connectivity index (χ3v) is 2.93. The molecular weight excluding hydrogens is 234 g/mol. The third-order valence-electron chi connectivity index (χ3n) is 2.93. The number of benzene rings is 1. The average Bonchev–Trinajstić information content (AvgIpc) is 2.36. The Balaban J connectivity index is 2.16. The van der Waals surface area contributed by atoms with Crippen LogP contribution in [0.3, 0.4) is 0 Å². The van der Waals surface area contributed by atoms with E-state index in [0.717, 1.165) is 5.39 Å². The highest BCUT2D eigenvalue weighted by molar-refractivity contribution is 5.96. The first-order valence-corrected chi connectivity index (χ1v) is 5.47. The van der Waals surface area contributed by atoms with Gasteiger partial charge in [0.05, 0.1) is 5.52 Å². The number of para-hydroxylation sites is 1. The molecule has 0 radical (unpaired) electrons. The summed E-state index contributed by atoms with van der Waals surface area (Å²) < 4.78 is 4.82. The second-order valence-electron chi connectivity index (χ2n) is 4.13. The number of pyridine rings is 1. The van der Waals surface area contributed by atoms with Gasteiger partial charge in [0, 0.05) is 11.8 Å². The molecule has 2 aromatic rings. The number of hydrogen-bond donors (Lipinski definition) is 1. The predicted octanol–water partition coefficient (Wildman–Crippen LogP) is 1.40. The SMILES string of the molecule is O=C1OC(C(=O)O)Cc2cc3ccccc3nc21. The van der Waals surface area contributed by atoms with Crippen molar-refractivity contribution in [1.29, 1.82) is 0 Å². The lowest BCUT2D eigenvalue weighted by Gasteiger charge is -2.21. The lowest BCUT2D eigenvalue weighted by molar-refractivity contribution is -0.147. The molecule has 1 aliphatic rings. The molecule has 5 heteroatoms. The molecule has 0 fully saturated rings. The molecule has 18 heavy (non-hydrogen) atoms. The minimum Gasteiger partial charge on any atom is -0.478 e. The molecule has 3 rings (SSSR count). The number of nitrogens with zero attached hydrogens (tertiary/aromatic N) is 1. The Hall–Kier alpha value is -2.43. The average molecular weight is 243 g/mol. The fourth-order valence-electron chi connectivity index (χ4n) is 2.06. The van der Waals surface area contributed by atoms with Crippen molar-refractivity contribution < 1.29 is 19.4 Å². The summed E-state index contributed by atoms with van der Waals surface area (Å²) in [5, 5.41) is 9.78. The van der Waals surface area contributed by atoms with Crippen LogP contribution in [0.4, 0.5) is 0 Å². The molecule has 1 aromatic carbocycles. The lowest BCUT2D eigenvalue weighted by atomic mass is 10.0. The van der Waals surface area contributed by atoms with Gasteiger partial charge in [-0.25, -0.2) is 14.6 Å². The molecule has 1 aromatic heterocycles. The predicted molar refractivity (Wildman–Crippen MR) is 62.3 cm³/mol. The largest absolute Gasteiger partial charge is 0.478 e. The zero-order valence-electron chi connectivity index (χ0n) is 9.29. The highest BCUT2D eigenvalue weighted by Gasteiger charge is 2.32. The molecule has 0 saturated carbocycles. The standard InChI is InChI=1S/C13H9NO4/c15-12(16)10-6-8-5-7-3-1-2-4-9(7)14-11(8)13(17)18-10/h1-5,10H,6H2,(H,15,16). The Morgan fingerprint density at radius 3 is 2.94 bits per heavy atom. The molecule has 2 heterocycles. The number of fused-ring (bicyclic) bond motifs is 2. The number of carboxylic acids is 1. The molecule has 1 atom stereocenters. The number of carbonyl (C=O) groups excluding carboxylic acids is 1. The van der Waals surface area contributed by atoms with Gasteiger partial charge >= 0.3 is 11.9 Å². The zero-order valence-corrected chi connectivity index (χ0v) is 9.29. The van der Waals surface area contributed by atoms with E-state index in [1.54, 1.807) is 12.1 Å². The molecule has 0 aliphatic carbocycles. The molecule has 5 nitrogen and oxygen atoms in total. The summed E-state index contributed by atoms with van der Waals surface area (Å²) in [7, 11) is 0. The van der Waals surface area contributed by atoms with Gasteiger partial charge in [-0.05, 0) is 17.7 Å². The summed E-state index contributed by atoms with van der Waals surface area (Å²) in [6.07, 6.45) is -0.957. The number of carboxylic acid groups (broad SMARTS) is 1. The van der Waals surface area contributed by atoms with Crippen LogP contribution >= 0.6 is 0 Å². The molecule has 0 spiro atoms. The van der Waals surface area contributed by atoms with E-state index in [1.807, 2.05) is 18.2 Å². The second kappa shape index (κ2) is 3.80. The van der Waals surface area contributed by atoms with Gasteiger partial charge in [0.25, 0.3) is 0 Å². The summed E-state index contributed by atoms with van der Waals surface area (Å²) in [6.45, 7) is 0. The summed E-state index contributed by atoms with van der Waals surface area (Å²) in [4.78, 5) is 26.8. The highest BCUT2D eigenvalue weighted by atomic mass is 16.6. The summed E-state index contributed by atoms with van der Waals surface area (Å²) >= 11 is 0. The fourth-order valence-corrected chi connectivity index (χ4v) is 2.06. The van der Waals surface area contributed by atoms with Crippen LogP contribution in [-0.4, -0.2) is 28.1 Å². The van der Waals surface area contributed by atoms with Gasteiger partial charge in [-0.1, -0.05) is 18.2 Å². The second-order valence-corrected chi connectivity index (χ2v) is 4.13. The van der Waals surface area contributed by atoms with E-state index in [9.17, 15) is 9.59 Å². The van der Waals surface area contributed by atoms with Crippen LogP contribution in [0.25, 0.3) is 10.9 Å². The van der Waals surface area contributed by atoms with E-state index in [1.165, 1.54) is 0 Å².